The first kappa shape index (κ1) is 18.3. The van der Waals surface area contributed by atoms with E-state index in [2.05, 4.69) is 5.32 Å². The molecule has 0 aromatic heterocycles. The van der Waals surface area contributed by atoms with E-state index in [1.807, 2.05) is 0 Å². The van der Waals surface area contributed by atoms with Gasteiger partial charge in [0.1, 0.15) is 0 Å². The molecule has 0 atom stereocenters. The van der Waals surface area contributed by atoms with Crippen LogP contribution in [0.1, 0.15) is 5.56 Å². The van der Waals surface area contributed by atoms with Gasteiger partial charge in [-0.05, 0) is 35.9 Å². The average molecular weight is 349 g/mol. The van der Waals surface area contributed by atoms with Gasteiger partial charge in [-0.2, -0.15) is 0 Å². The Bertz CT molecular complexity index is 781. The molecule has 5 nitrogen and oxygen atoms in total. The van der Waals surface area contributed by atoms with Crippen LogP contribution in [-0.2, 0) is 4.79 Å². The fraction of sp³-hybridized carbons (Fsp3) is 0.167. The molecule has 0 aliphatic carbocycles. The average Bonchev–Trinajstić information content (AvgIpc) is 2.62. The molecule has 1 N–H and O–H groups in total. The number of nitrogens with one attached hydrogen (secondary N) is 1. The second-order valence-electron chi connectivity index (χ2n) is 4.91. The summed E-state index contributed by atoms with van der Waals surface area (Å²) in [6.07, 6.45) is 2.78. The van der Waals surface area contributed by atoms with Crippen molar-refractivity contribution in [3.63, 3.8) is 0 Å². The monoisotopic (exact) mass is 349 g/mol. The van der Waals surface area contributed by atoms with Crippen LogP contribution >= 0.6 is 0 Å². The summed E-state index contributed by atoms with van der Waals surface area (Å²) in [5.41, 5.74) is 0.786. The minimum Gasteiger partial charge on any atom is -0.493 e. The van der Waals surface area contributed by atoms with Gasteiger partial charge in [-0.15, -0.1) is 0 Å². The minimum atomic E-state index is -1.04. The highest BCUT2D eigenvalue weighted by Gasteiger charge is 2.12. The summed E-state index contributed by atoms with van der Waals surface area (Å²) in [5, 5.41) is 2.44. The Morgan fingerprint density at radius 3 is 2.12 bits per heavy atom. The van der Waals surface area contributed by atoms with Gasteiger partial charge in [0, 0.05) is 17.8 Å². The van der Waals surface area contributed by atoms with E-state index < -0.39 is 17.5 Å². The minimum absolute atomic E-state index is 0.151. The molecule has 0 aliphatic heterocycles. The van der Waals surface area contributed by atoms with Gasteiger partial charge in [-0.25, -0.2) is 8.78 Å². The van der Waals surface area contributed by atoms with Crippen LogP contribution in [0, 0.1) is 11.6 Å². The maximum atomic E-state index is 13.1. The van der Waals surface area contributed by atoms with Crippen molar-refractivity contribution in [2.45, 2.75) is 0 Å². The number of carbonyl (C=O) groups excluding carboxylic acids is 1. The van der Waals surface area contributed by atoms with Gasteiger partial charge < -0.3 is 19.5 Å². The second-order valence-corrected chi connectivity index (χ2v) is 4.91. The maximum Gasteiger partial charge on any atom is 0.248 e. The highest BCUT2D eigenvalue weighted by molar-refractivity contribution is 6.02. The van der Waals surface area contributed by atoms with Crippen LogP contribution in [0.2, 0.25) is 0 Å². The van der Waals surface area contributed by atoms with Gasteiger partial charge in [0.2, 0.25) is 11.7 Å². The first-order valence-corrected chi connectivity index (χ1v) is 7.22. The Morgan fingerprint density at radius 2 is 1.60 bits per heavy atom. The van der Waals surface area contributed by atoms with Crippen molar-refractivity contribution in [1.29, 1.82) is 0 Å². The van der Waals surface area contributed by atoms with E-state index in [1.165, 1.54) is 39.5 Å². The summed E-state index contributed by atoms with van der Waals surface area (Å²) >= 11 is 0. The molecular formula is C18H17F2NO4. The fourth-order valence-electron chi connectivity index (χ4n) is 2.13. The molecule has 132 valence electrons. The number of anilines is 1. The van der Waals surface area contributed by atoms with E-state index in [0.717, 1.165) is 12.1 Å². The molecular weight excluding hydrogens is 332 g/mol. The van der Waals surface area contributed by atoms with Gasteiger partial charge in [-0.1, -0.05) is 0 Å². The number of ether oxygens (including phenoxy) is 3. The smallest absolute Gasteiger partial charge is 0.248 e. The molecule has 1 amide bonds. The van der Waals surface area contributed by atoms with E-state index >= 15 is 0 Å². The molecule has 2 aromatic rings. The van der Waals surface area contributed by atoms with Crippen LogP contribution in [-0.4, -0.2) is 27.2 Å². The summed E-state index contributed by atoms with van der Waals surface area (Å²) in [6, 6.07) is 6.45. The number of rotatable bonds is 6. The first-order valence-electron chi connectivity index (χ1n) is 7.22. The van der Waals surface area contributed by atoms with E-state index in [-0.39, 0.29) is 5.69 Å². The molecule has 0 fully saturated rings. The van der Waals surface area contributed by atoms with E-state index in [9.17, 15) is 13.6 Å². The van der Waals surface area contributed by atoms with E-state index in [4.69, 9.17) is 14.2 Å². The molecule has 0 unspecified atom stereocenters. The summed E-state index contributed by atoms with van der Waals surface area (Å²) in [5.74, 6) is -1.18. The van der Waals surface area contributed by atoms with E-state index in [0.29, 0.717) is 22.8 Å². The zero-order valence-corrected chi connectivity index (χ0v) is 13.9. The lowest BCUT2D eigenvalue weighted by Crippen LogP contribution is -2.08. The van der Waals surface area contributed by atoms with Gasteiger partial charge in [0.15, 0.2) is 23.1 Å². The third-order valence-corrected chi connectivity index (χ3v) is 3.30. The van der Waals surface area contributed by atoms with Crippen molar-refractivity contribution in [1.82, 2.24) is 0 Å². The van der Waals surface area contributed by atoms with Crippen LogP contribution in [0.4, 0.5) is 14.5 Å². The Balaban J connectivity index is 2.17. The van der Waals surface area contributed by atoms with Crippen molar-refractivity contribution in [3.05, 3.63) is 53.6 Å². The number of carbonyl (C=O) groups is 1. The number of methoxy groups -OCH3 is 3. The van der Waals surface area contributed by atoms with Gasteiger partial charge in [0.05, 0.1) is 21.3 Å². The van der Waals surface area contributed by atoms with Crippen molar-refractivity contribution < 1.29 is 27.8 Å². The third kappa shape index (κ3) is 4.47. The molecule has 0 aliphatic rings. The predicted molar refractivity (Wildman–Crippen MR) is 90.1 cm³/mol. The van der Waals surface area contributed by atoms with Crippen LogP contribution in [0.25, 0.3) is 6.08 Å². The molecule has 0 spiro atoms. The van der Waals surface area contributed by atoms with Gasteiger partial charge >= 0.3 is 0 Å². The summed E-state index contributed by atoms with van der Waals surface area (Å²) in [6.45, 7) is 0. The zero-order chi connectivity index (χ0) is 18.4. The highest BCUT2D eigenvalue weighted by atomic mass is 19.2. The predicted octanol–water partition coefficient (Wildman–Crippen LogP) is 3.64. The fourth-order valence-corrected chi connectivity index (χ4v) is 2.13. The second kappa shape index (κ2) is 8.14. The van der Waals surface area contributed by atoms with Crippen LogP contribution < -0.4 is 19.5 Å². The Morgan fingerprint density at radius 1 is 0.960 bits per heavy atom. The molecule has 0 saturated carbocycles. The van der Waals surface area contributed by atoms with Crippen molar-refractivity contribution in [3.8, 4) is 17.2 Å². The van der Waals surface area contributed by atoms with Crippen LogP contribution in [0.3, 0.4) is 0 Å². The number of halogens is 2. The number of amides is 1. The summed E-state index contributed by atoms with van der Waals surface area (Å²) < 4.78 is 41.7. The Labute approximate surface area is 143 Å². The van der Waals surface area contributed by atoms with Gasteiger partial charge in [-0.3, -0.25) is 4.79 Å². The standard InChI is InChI=1S/C18H17F2NO4/c1-23-15-8-11(9-16(24-2)18(15)25-3)4-7-17(22)21-12-5-6-13(19)14(20)10-12/h4-10H,1-3H3,(H,21,22)/b7-4+. The number of benzene rings is 2. The molecule has 2 aromatic carbocycles. The molecule has 0 saturated heterocycles. The van der Waals surface area contributed by atoms with Gasteiger partial charge in [0.25, 0.3) is 0 Å². The Hall–Kier alpha value is -3.09. The Kier molecular flexibility index (Phi) is 5.94. The van der Waals surface area contributed by atoms with Crippen molar-refractivity contribution >= 4 is 17.7 Å². The van der Waals surface area contributed by atoms with E-state index in [1.54, 1.807) is 12.1 Å². The van der Waals surface area contributed by atoms with Crippen LogP contribution in [0.15, 0.2) is 36.4 Å². The quantitative estimate of drug-likeness (QED) is 0.809. The highest BCUT2D eigenvalue weighted by Crippen LogP contribution is 2.38. The molecule has 0 heterocycles. The first-order chi connectivity index (χ1) is 12.0. The number of hydrogen-bond acceptors (Lipinski definition) is 4. The third-order valence-electron chi connectivity index (χ3n) is 3.30. The number of hydrogen-bond donors (Lipinski definition) is 1. The lowest BCUT2D eigenvalue weighted by Gasteiger charge is -2.12. The molecule has 2 rings (SSSR count). The molecule has 7 heteroatoms. The molecule has 0 radical (unpaired) electrons. The molecule has 0 bridgehead atoms. The van der Waals surface area contributed by atoms with Crippen LogP contribution in [0.5, 0.6) is 17.2 Å². The largest absolute Gasteiger partial charge is 0.493 e. The summed E-state index contributed by atoms with van der Waals surface area (Å²) in [7, 11) is 4.46. The zero-order valence-electron chi connectivity index (χ0n) is 13.9. The van der Waals surface area contributed by atoms with Crippen molar-refractivity contribution in [2.24, 2.45) is 0 Å². The molecule has 25 heavy (non-hydrogen) atoms. The lowest BCUT2D eigenvalue weighted by atomic mass is 10.1. The topological polar surface area (TPSA) is 56.8 Å². The van der Waals surface area contributed by atoms with Crippen molar-refractivity contribution in [2.75, 3.05) is 26.6 Å². The SMILES string of the molecule is COc1cc(/C=C/C(=O)Nc2ccc(F)c(F)c2)cc(OC)c1OC. The normalized spacial score (nSPS) is 10.6. The lowest BCUT2D eigenvalue weighted by molar-refractivity contribution is -0.111. The summed E-state index contributed by atoms with van der Waals surface area (Å²) in [4.78, 5) is 11.9. The maximum absolute atomic E-state index is 13.1.